The molecule has 10 heteroatoms. The summed E-state index contributed by atoms with van der Waals surface area (Å²) in [6, 6.07) is 47.8. The highest BCUT2D eigenvalue weighted by molar-refractivity contribution is 7.90. The maximum Gasteiger partial charge on any atom is 0.498 e. The zero-order chi connectivity index (χ0) is 36.2. The summed E-state index contributed by atoms with van der Waals surface area (Å²) in [4.78, 5) is 0.0714. The number of benzene rings is 5. The lowest BCUT2D eigenvalue weighted by Gasteiger charge is -2.46. The molecule has 7 rings (SSSR count). The molecule has 1 aliphatic rings. The molecule has 2 atom stereocenters. The Morgan fingerprint density at radius 3 is 1.40 bits per heavy atom. The zero-order valence-electron chi connectivity index (χ0n) is 29.0. The first-order valence-corrected chi connectivity index (χ1v) is 18.3. The van der Waals surface area contributed by atoms with Crippen LogP contribution in [0.5, 0.6) is 0 Å². The molecule has 1 aliphatic heterocycles. The molecule has 0 unspecified atom stereocenters. The Labute approximate surface area is 304 Å². The summed E-state index contributed by atoms with van der Waals surface area (Å²) in [5, 5.41) is 0. The molecule has 0 saturated carbocycles. The minimum atomic E-state index is -4.03. The summed E-state index contributed by atoms with van der Waals surface area (Å²) in [7, 11) is -1.75. The Bertz CT molecular complexity index is 2030. The van der Waals surface area contributed by atoms with Gasteiger partial charge in [-0.2, -0.15) is 12.8 Å². The van der Waals surface area contributed by atoms with Crippen molar-refractivity contribution >= 4 is 28.8 Å². The van der Waals surface area contributed by atoms with Gasteiger partial charge in [0.05, 0.1) is 17.4 Å². The van der Waals surface area contributed by atoms with E-state index in [1.807, 2.05) is 128 Å². The lowest BCUT2D eigenvalue weighted by Crippen LogP contribution is -2.56. The molecular weight excluding hydrogens is 673 g/mol. The molecule has 5 aromatic carbocycles. The van der Waals surface area contributed by atoms with Crippen LogP contribution in [0.3, 0.4) is 0 Å². The van der Waals surface area contributed by atoms with E-state index in [-0.39, 0.29) is 10.7 Å². The Hall–Kier alpha value is -5.10. The molecule has 2 heterocycles. The number of ether oxygens (including phenoxy) is 2. The molecule has 6 aromatic rings. The monoisotopic (exact) mass is 711 g/mol. The SMILES string of the molecule is COC(c1ccccc1)(c1ccccc1)[C@@H]1OB(c2ccoc2/C=N/S(=O)(=O)c2ccc(C)cc2)O[C@H]1C(OC)(c1ccccc1)c1ccccc1. The molecular formula is C42H38BNO7S. The van der Waals surface area contributed by atoms with Gasteiger partial charge in [-0.15, -0.1) is 0 Å². The summed E-state index contributed by atoms with van der Waals surface area (Å²) >= 11 is 0. The van der Waals surface area contributed by atoms with Crippen molar-refractivity contribution in [3.05, 3.63) is 191 Å². The topological polar surface area (TPSA) is 96.6 Å². The third-order valence-electron chi connectivity index (χ3n) is 9.68. The molecule has 8 nitrogen and oxygen atoms in total. The second-order valence-corrected chi connectivity index (χ2v) is 14.2. The minimum Gasteiger partial charge on any atom is -0.464 e. The van der Waals surface area contributed by atoms with Crippen molar-refractivity contribution in [2.24, 2.45) is 4.40 Å². The van der Waals surface area contributed by atoms with E-state index in [2.05, 4.69) is 4.40 Å². The van der Waals surface area contributed by atoms with E-state index in [1.54, 1.807) is 32.4 Å². The molecule has 1 aromatic heterocycles. The maximum atomic E-state index is 13.2. The fraction of sp³-hybridized carbons (Fsp3) is 0.167. The van der Waals surface area contributed by atoms with E-state index < -0.39 is 40.6 Å². The van der Waals surface area contributed by atoms with Crippen molar-refractivity contribution in [1.82, 2.24) is 0 Å². The molecule has 0 N–H and O–H groups in total. The van der Waals surface area contributed by atoms with Crippen LogP contribution in [0.1, 0.15) is 33.6 Å². The molecule has 0 aliphatic carbocycles. The Morgan fingerprint density at radius 1 is 0.615 bits per heavy atom. The smallest absolute Gasteiger partial charge is 0.464 e. The van der Waals surface area contributed by atoms with Gasteiger partial charge in [-0.25, -0.2) is 0 Å². The van der Waals surface area contributed by atoms with Gasteiger partial charge < -0.3 is 23.2 Å². The summed E-state index contributed by atoms with van der Waals surface area (Å²) < 4.78 is 63.8. The Morgan fingerprint density at radius 2 is 1.02 bits per heavy atom. The second-order valence-electron chi connectivity index (χ2n) is 12.6. The first-order chi connectivity index (χ1) is 25.3. The van der Waals surface area contributed by atoms with Crippen molar-refractivity contribution in [2.75, 3.05) is 14.2 Å². The van der Waals surface area contributed by atoms with E-state index >= 15 is 0 Å². The van der Waals surface area contributed by atoms with E-state index in [4.69, 9.17) is 23.2 Å². The first-order valence-electron chi connectivity index (χ1n) is 16.9. The maximum absolute atomic E-state index is 13.2. The fourth-order valence-electron chi connectivity index (χ4n) is 7.16. The largest absolute Gasteiger partial charge is 0.498 e. The Kier molecular flexibility index (Phi) is 10.1. The lowest BCUT2D eigenvalue weighted by atomic mass is 9.71. The first kappa shape index (κ1) is 35.3. The fourth-order valence-corrected chi connectivity index (χ4v) is 8.00. The molecule has 1 fully saturated rings. The highest BCUT2D eigenvalue weighted by Crippen LogP contribution is 2.50. The second kappa shape index (κ2) is 14.9. The van der Waals surface area contributed by atoms with Gasteiger partial charge >= 0.3 is 7.12 Å². The number of rotatable bonds is 12. The van der Waals surface area contributed by atoms with E-state index in [1.165, 1.54) is 24.6 Å². The molecule has 0 radical (unpaired) electrons. The number of nitrogens with zero attached hydrogens (tertiary/aromatic N) is 1. The summed E-state index contributed by atoms with van der Waals surface area (Å²) in [6.07, 6.45) is 0.933. The van der Waals surface area contributed by atoms with Crippen molar-refractivity contribution in [3.63, 3.8) is 0 Å². The third kappa shape index (κ3) is 6.33. The van der Waals surface area contributed by atoms with E-state index in [0.717, 1.165) is 27.8 Å². The molecule has 0 amide bonds. The number of methoxy groups -OCH3 is 2. The van der Waals surface area contributed by atoms with Gasteiger partial charge in [-0.1, -0.05) is 139 Å². The van der Waals surface area contributed by atoms with Gasteiger partial charge in [0.1, 0.15) is 29.2 Å². The molecule has 0 spiro atoms. The van der Waals surface area contributed by atoms with Crippen LogP contribution >= 0.6 is 0 Å². The molecule has 0 bridgehead atoms. The van der Waals surface area contributed by atoms with Crippen LogP contribution in [-0.4, -0.2) is 48.2 Å². The number of aryl methyl sites for hydroxylation is 1. The summed E-state index contributed by atoms with van der Waals surface area (Å²) in [5.41, 5.74) is 2.31. The number of sulfonamides is 1. The van der Waals surface area contributed by atoms with Crippen molar-refractivity contribution < 1.29 is 31.6 Å². The van der Waals surface area contributed by atoms with Gasteiger partial charge in [-0.3, -0.25) is 0 Å². The van der Waals surface area contributed by atoms with E-state index in [0.29, 0.717) is 5.46 Å². The quantitative estimate of drug-likeness (QED) is 0.0992. The lowest BCUT2D eigenvalue weighted by molar-refractivity contribution is -0.136. The zero-order valence-corrected chi connectivity index (χ0v) is 29.9. The highest BCUT2D eigenvalue weighted by Gasteiger charge is 2.62. The predicted molar refractivity (Wildman–Crippen MR) is 201 cm³/mol. The number of furan rings is 1. The predicted octanol–water partition coefficient (Wildman–Crippen LogP) is 7.06. The number of hydrogen-bond donors (Lipinski definition) is 0. The highest BCUT2D eigenvalue weighted by atomic mass is 32.2. The standard InChI is InChI=1S/C42H38BNO7S/c1-31-24-26-36(27-25-31)52(45,46)44-30-38-37(28-29-49-38)43-50-39(41(47-2,32-16-8-4-9-17-32)33-18-10-5-11-19-33)40(51-43)42(48-3,34-20-12-6-13-21-34)35-22-14-7-15-23-35/h4-30,39-40H,1-3H3/b44-30+/t39-,40-/m1/s1. The van der Waals surface area contributed by atoms with Crippen LogP contribution in [0.4, 0.5) is 0 Å². The average Bonchev–Trinajstić information content (AvgIpc) is 3.86. The normalized spacial score (nSPS) is 16.8. The summed E-state index contributed by atoms with van der Waals surface area (Å²) in [5.74, 6) is 0.171. The average molecular weight is 712 g/mol. The number of hydrogen-bond acceptors (Lipinski definition) is 7. The molecule has 1 saturated heterocycles. The van der Waals surface area contributed by atoms with Crippen LogP contribution in [-0.2, 0) is 40.0 Å². The van der Waals surface area contributed by atoms with Crippen molar-refractivity contribution in [3.8, 4) is 0 Å². The molecule has 52 heavy (non-hydrogen) atoms. The van der Waals surface area contributed by atoms with Crippen LogP contribution in [0.25, 0.3) is 0 Å². The van der Waals surface area contributed by atoms with Gasteiger partial charge in [-0.05, 0) is 47.4 Å². The van der Waals surface area contributed by atoms with Gasteiger partial charge in [0, 0.05) is 19.7 Å². The van der Waals surface area contributed by atoms with Crippen LogP contribution < -0.4 is 5.46 Å². The van der Waals surface area contributed by atoms with Crippen LogP contribution in [0.15, 0.2) is 172 Å². The van der Waals surface area contributed by atoms with Gasteiger partial charge in [0.25, 0.3) is 10.0 Å². The van der Waals surface area contributed by atoms with E-state index in [9.17, 15) is 8.42 Å². The van der Waals surface area contributed by atoms with Crippen LogP contribution in [0.2, 0.25) is 0 Å². The Balaban J connectivity index is 1.42. The van der Waals surface area contributed by atoms with Crippen LogP contribution in [0, 0.1) is 6.92 Å². The van der Waals surface area contributed by atoms with Gasteiger partial charge in [0.2, 0.25) is 0 Å². The third-order valence-corrected chi connectivity index (χ3v) is 10.9. The minimum absolute atomic E-state index is 0.0714. The summed E-state index contributed by atoms with van der Waals surface area (Å²) in [6.45, 7) is 1.89. The van der Waals surface area contributed by atoms with Gasteiger partial charge in [0.15, 0.2) is 0 Å². The van der Waals surface area contributed by atoms with Crippen molar-refractivity contribution in [2.45, 2.75) is 35.2 Å². The van der Waals surface area contributed by atoms with Crippen molar-refractivity contribution in [1.29, 1.82) is 0 Å². The molecule has 262 valence electrons.